The zero-order chi connectivity index (χ0) is 14.7. The van der Waals surface area contributed by atoms with Gasteiger partial charge in [0.1, 0.15) is 12.2 Å². The van der Waals surface area contributed by atoms with Gasteiger partial charge < -0.3 is 25.4 Å². The molecule has 1 amide bonds. The molecular formula is C14H19NO5. The summed E-state index contributed by atoms with van der Waals surface area (Å²) in [5.74, 6) is -0.226. The number of hydrogen-bond acceptors (Lipinski definition) is 5. The predicted molar refractivity (Wildman–Crippen MR) is 71.2 cm³/mol. The molecular weight excluding hydrogens is 262 g/mol. The lowest BCUT2D eigenvalue weighted by atomic mass is 9.93. The van der Waals surface area contributed by atoms with Crippen molar-refractivity contribution < 1.29 is 24.9 Å². The van der Waals surface area contributed by atoms with Crippen molar-refractivity contribution in [3.05, 3.63) is 35.4 Å². The molecule has 6 nitrogen and oxygen atoms in total. The summed E-state index contributed by atoms with van der Waals surface area (Å²) >= 11 is 0. The maximum atomic E-state index is 11.6. The first-order valence-electron chi connectivity index (χ1n) is 6.51. The summed E-state index contributed by atoms with van der Waals surface area (Å²) in [7, 11) is 1.54. The minimum Gasteiger partial charge on any atom is -0.394 e. The molecule has 0 bridgehead atoms. The van der Waals surface area contributed by atoms with Crippen LogP contribution in [0.3, 0.4) is 0 Å². The van der Waals surface area contributed by atoms with Crippen molar-refractivity contribution in [3.63, 3.8) is 0 Å². The number of nitrogens with one attached hydrogen (secondary N) is 1. The van der Waals surface area contributed by atoms with Crippen molar-refractivity contribution >= 4 is 5.91 Å². The van der Waals surface area contributed by atoms with Crippen LogP contribution in [0.15, 0.2) is 24.3 Å². The monoisotopic (exact) mass is 281 g/mol. The molecule has 6 heteroatoms. The summed E-state index contributed by atoms with van der Waals surface area (Å²) in [6, 6.07) is 6.75. The molecule has 4 N–H and O–H groups in total. The Balaban J connectivity index is 2.23. The molecule has 20 heavy (non-hydrogen) atoms. The summed E-state index contributed by atoms with van der Waals surface area (Å²) in [4.78, 5) is 11.6. The van der Waals surface area contributed by atoms with Gasteiger partial charge in [0, 0.05) is 19.0 Å². The second-order valence-electron chi connectivity index (χ2n) is 4.85. The molecule has 1 heterocycles. The summed E-state index contributed by atoms with van der Waals surface area (Å²) in [6.45, 7) is -0.320. The number of carbonyl (C=O) groups excluding carboxylic acids is 1. The van der Waals surface area contributed by atoms with Crippen molar-refractivity contribution in [2.75, 3.05) is 13.7 Å². The zero-order valence-electron chi connectivity index (χ0n) is 11.2. The predicted octanol–water partition coefficient (Wildman–Crippen LogP) is -0.410. The van der Waals surface area contributed by atoms with Gasteiger partial charge in [-0.1, -0.05) is 12.1 Å². The molecule has 1 aliphatic rings. The van der Waals surface area contributed by atoms with Crippen molar-refractivity contribution in [2.45, 2.75) is 30.8 Å². The van der Waals surface area contributed by atoms with Gasteiger partial charge in [-0.05, 0) is 17.7 Å². The highest BCUT2D eigenvalue weighted by atomic mass is 16.5. The summed E-state index contributed by atoms with van der Waals surface area (Å²) < 4.78 is 5.53. The summed E-state index contributed by atoms with van der Waals surface area (Å²) in [5.41, 5.74) is 1.11. The molecule has 0 spiro atoms. The molecule has 1 aromatic carbocycles. The first-order chi connectivity index (χ1) is 9.56. The Morgan fingerprint density at radius 1 is 1.40 bits per heavy atom. The molecule has 110 valence electrons. The molecule has 0 unspecified atom stereocenters. The highest BCUT2D eigenvalue weighted by Crippen LogP contribution is 2.32. The third-order valence-corrected chi connectivity index (χ3v) is 3.47. The lowest BCUT2D eigenvalue weighted by molar-refractivity contribution is -0.181. The van der Waals surface area contributed by atoms with Gasteiger partial charge >= 0.3 is 0 Å². The summed E-state index contributed by atoms with van der Waals surface area (Å²) in [6.07, 6.45) is -3.05. The highest BCUT2D eigenvalue weighted by Gasteiger charge is 2.36. The molecule has 1 aliphatic heterocycles. The van der Waals surface area contributed by atoms with Crippen molar-refractivity contribution in [2.24, 2.45) is 0 Å². The van der Waals surface area contributed by atoms with E-state index in [1.165, 1.54) is 0 Å². The van der Waals surface area contributed by atoms with Crippen LogP contribution in [-0.2, 0) is 4.74 Å². The molecule has 2 rings (SSSR count). The van der Waals surface area contributed by atoms with Crippen LogP contribution in [0, 0.1) is 0 Å². The fraction of sp³-hybridized carbons (Fsp3) is 0.500. The molecule has 0 aliphatic carbocycles. The number of amides is 1. The van der Waals surface area contributed by atoms with Crippen LogP contribution < -0.4 is 5.32 Å². The van der Waals surface area contributed by atoms with Gasteiger partial charge in [-0.2, -0.15) is 0 Å². The Hall–Kier alpha value is -1.47. The standard InChI is InChI=1S/C14H19NO5/c1-15-14(19)9-4-2-3-8(5-9)13-11(18)6-10(17)12(7-16)20-13/h2-5,10-13,16-18H,6-7H2,1H3,(H,15,19)/t10-,11-,12+,13+/m0/s1. The van der Waals surface area contributed by atoms with Crippen molar-refractivity contribution in [1.82, 2.24) is 5.32 Å². The van der Waals surface area contributed by atoms with Gasteiger partial charge in [0.25, 0.3) is 5.91 Å². The maximum absolute atomic E-state index is 11.6. The number of aliphatic hydroxyl groups is 3. The second kappa shape index (κ2) is 6.32. The van der Waals surface area contributed by atoms with E-state index in [1.54, 1.807) is 31.3 Å². The van der Waals surface area contributed by atoms with E-state index in [0.29, 0.717) is 11.1 Å². The van der Waals surface area contributed by atoms with Crippen LogP contribution in [0.4, 0.5) is 0 Å². The number of benzene rings is 1. The topological polar surface area (TPSA) is 99.0 Å². The SMILES string of the molecule is CNC(=O)c1cccc([C@H]2O[C@H](CO)[C@@H](O)C[C@@H]2O)c1. The van der Waals surface area contributed by atoms with E-state index >= 15 is 0 Å². The van der Waals surface area contributed by atoms with Crippen LogP contribution in [0.25, 0.3) is 0 Å². The van der Waals surface area contributed by atoms with E-state index in [-0.39, 0.29) is 18.9 Å². The Bertz CT molecular complexity index is 478. The number of hydrogen-bond donors (Lipinski definition) is 4. The summed E-state index contributed by atoms with van der Waals surface area (Å²) in [5, 5.41) is 31.4. The Labute approximate surface area is 117 Å². The fourth-order valence-electron chi connectivity index (χ4n) is 2.36. The fourth-order valence-corrected chi connectivity index (χ4v) is 2.36. The van der Waals surface area contributed by atoms with Crippen LogP contribution in [0.1, 0.15) is 28.4 Å². The molecule has 0 aromatic heterocycles. The molecule has 0 radical (unpaired) electrons. The van der Waals surface area contributed by atoms with Gasteiger partial charge in [-0.3, -0.25) is 4.79 Å². The normalized spacial score (nSPS) is 30.0. The maximum Gasteiger partial charge on any atom is 0.251 e. The van der Waals surface area contributed by atoms with E-state index in [4.69, 9.17) is 9.84 Å². The molecule has 1 aromatic rings. The van der Waals surface area contributed by atoms with Crippen molar-refractivity contribution in [3.8, 4) is 0 Å². The molecule has 1 fully saturated rings. The lowest BCUT2D eigenvalue weighted by Gasteiger charge is -2.36. The largest absolute Gasteiger partial charge is 0.394 e. The number of carbonyl (C=O) groups is 1. The van der Waals surface area contributed by atoms with Gasteiger partial charge in [-0.15, -0.1) is 0 Å². The first kappa shape index (κ1) is 14.9. The Morgan fingerprint density at radius 2 is 2.15 bits per heavy atom. The molecule has 4 atom stereocenters. The number of ether oxygens (including phenoxy) is 1. The van der Waals surface area contributed by atoms with Gasteiger partial charge in [0.05, 0.1) is 18.8 Å². The van der Waals surface area contributed by atoms with Crippen LogP contribution in [0.2, 0.25) is 0 Å². The quantitative estimate of drug-likeness (QED) is 0.604. The van der Waals surface area contributed by atoms with Crippen LogP contribution in [-0.4, -0.2) is 53.2 Å². The zero-order valence-corrected chi connectivity index (χ0v) is 11.2. The number of aliphatic hydroxyl groups excluding tert-OH is 3. The van der Waals surface area contributed by atoms with Crippen molar-refractivity contribution in [1.29, 1.82) is 0 Å². The number of rotatable bonds is 3. The minimum absolute atomic E-state index is 0.125. The van der Waals surface area contributed by atoms with Crippen LogP contribution >= 0.6 is 0 Å². The highest BCUT2D eigenvalue weighted by molar-refractivity contribution is 5.94. The first-order valence-corrected chi connectivity index (χ1v) is 6.51. The van der Waals surface area contributed by atoms with E-state index in [1.807, 2.05) is 0 Å². The molecule has 1 saturated heterocycles. The molecule has 0 saturated carbocycles. The minimum atomic E-state index is -0.895. The van der Waals surface area contributed by atoms with Gasteiger partial charge in [0.2, 0.25) is 0 Å². The third-order valence-electron chi connectivity index (χ3n) is 3.47. The Morgan fingerprint density at radius 3 is 2.80 bits per heavy atom. The smallest absolute Gasteiger partial charge is 0.251 e. The van der Waals surface area contributed by atoms with Gasteiger partial charge in [0.15, 0.2) is 0 Å². The van der Waals surface area contributed by atoms with E-state index in [0.717, 1.165) is 0 Å². The van der Waals surface area contributed by atoms with Crippen LogP contribution in [0.5, 0.6) is 0 Å². The van der Waals surface area contributed by atoms with E-state index in [2.05, 4.69) is 5.32 Å². The third kappa shape index (κ3) is 2.99. The lowest BCUT2D eigenvalue weighted by Crippen LogP contribution is -2.44. The second-order valence-corrected chi connectivity index (χ2v) is 4.85. The van der Waals surface area contributed by atoms with E-state index in [9.17, 15) is 15.0 Å². The van der Waals surface area contributed by atoms with Gasteiger partial charge in [-0.25, -0.2) is 0 Å². The average molecular weight is 281 g/mol. The average Bonchev–Trinajstić information content (AvgIpc) is 2.46. The van der Waals surface area contributed by atoms with E-state index < -0.39 is 24.4 Å². The Kier molecular flexibility index (Phi) is 4.72.